The molecule has 1 fully saturated rings. The lowest BCUT2D eigenvalue weighted by molar-refractivity contribution is -0.119. The van der Waals surface area contributed by atoms with Crippen LogP contribution in [0.4, 0.5) is 5.69 Å². The summed E-state index contributed by atoms with van der Waals surface area (Å²) in [5.41, 5.74) is 1.17. The second-order valence-corrected chi connectivity index (χ2v) is 12.0. The van der Waals surface area contributed by atoms with Crippen molar-refractivity contribution in [3.8, 4) is 5.75 Å². The Morgan fingerprint density at radius 2 is 1.79 bits per heavy atom. The molecule has 1 atom stereocenters. The summed E-state index contributed by atoms with van der Waals surface area (Å²) in [4.78, 5) is 13.1. The highest BCUT2D eigenvalue weighted by Gasteiger charge is 2.39. The van der Waals surface area contributed by atoms with Crippen LogP contribution in [0.3, 0.4) is 0 Å². The Labute approximate surface area is 195 Å². The number of carbonyl (C=O) groups excluding carboxylic acids is 1. The molecule has 1 saturated heterocycles. The molecule has 33 heavy (non-hydrogen) atoms. The highest BCUT2D eigenvalue weighted by Crippen LogP contribution is 2.31. The van der Waals surface area contributed by atoms with Gasteiger partial charge in [-0.2, -0.15) is 4.31 Å². The van der Waals surface area contributed by atoms with E-state index in [-0.39, 0.29) is 34.4 Å². The van der Waals surface area contributed by atoms with Crippen molar-refractivity contribution in [3.63, 3.8) is 0 Å². The molecular formula is C22H29N3O6S2. The Morgan fingerprint density at radius 1 is 1.12 bits per heavy atom. The van der Waals surface area contributed by atoms with E-state index >= 15 is 0 Å². The van der Waals surface area contributed by atoms with Crippen LogP contribution in [0.5, 0.6) is 5.75 Å². The molecule has 0 bridgehead atoms. The molecule has 11 heteroatoms. The molecule has 1 heterocycles. The van der Waals surface area contributed by atoms with Crippen LogP contribution in [-0.2, 0) is 24.8 Å². The lowest BCUT2D eigenvalue weighted by Crippen LogP contribution is -2.43. The number of amides is 1. The fourth-order valence-corrected chi connectivity index (χ4v) is 6.33. The molecule has 3 rings (SSSR count). The lowest BCUT2D eigenvalue weighted by Gasteiger charge is -2.24. The highest BCUT2D eigenvalue weighted by molar-refractivity contribution is 7.89. The van der Waals surface area contributed by atoms with Gasteiger partial charge >= 0.3 is 0 Å². The zero-order valence-corrected chi connectivity index (χ0v) is 20.7. The summed E-state index contributed by atoms with van der Waals surface area (Å²) in [6.07, 6.45) is 0.920. The van der Waals surface area contributed by atoms with Crippen LogP contribution < -0.4 is 10.1 Å². The standard InChI is InChI=1S/C22H29N3O6S2/c1-5-31-20-13-10-17(15-21(20)33(29,30)24(3)4)23-22(26)19-7-6-14-25(19)32(27,28)18-11-8-16(2)9-12-18/h8-13,15,19H,5-7,14H2,1-4H3,(H,23,26)/t19-/m0/s1. The molecule has 1 aliphatic heterocycles. The number of hydrogen-bond donors (Lipinski definition) is 1. The minimum atomic E-state index is -3.85. The summed E-state index contributed by atoms with van der Waals surface area (Å²) in [6.45, 7) is 4.11. The predicted molar refractivity (Wildman–Crippen MR) is 125 cm³/mol. The van der Waals surface area contributed by atoms with Gasteiger partial charge in [-0.3, -0.25) is 4.79 Å². The van der Waals surface area contributed by atoms with Crippen LogP contribution >= 0.6 is 0 Å². The number of aryl methyl sites for hydroxylation is 1. The Balaban J connectivity index is 1.88. The average Bonchev–Trinajstić information content (AvgIpc) is 3.26. The summed E-state index contributed by atoms with van der Waals surface area (Å²) in [7, 11) is -4.87. The first-order chi connectivity index (χ1) is 15.5. The molecule has 0 radical (unpaired) electrons. The zero-order valence-electron chi connectivity index (χ0n) is 19.1. The zero-order chi connectivity index (χ0) is 24.4. The first-order valence-corrected chi connectivity index (χ1v) is 13.4. The maximum atomic E-state index is 13.1. The van der Waals surface area contributed by atoms with E-state index in [4.69, 9.17) is 4.74 Å². The minimum absolute atomic E-state index is 0.0808. The fourth-order valence-electron chi connectivity index (χ4n) is 3.62. The van der Waals surface area contributed by atoms with Gasteiger partial charge in [0.15, 0.2) is 0 Å². The summed E-state index contributed by atoms with van der Waals surface area (Å²) in [5.74, 6) is -0.339. The van der Waals surface area contributed by atoms with Crippen LogP contribution in [0.1, 0.15) is 25.3 Å². The SMILES string of the molecule is CCOc1ccc(NC(=O)[C@@H]2CCCN2S(=O)(=O)c2ccc(C)cc2)cc1S(=O)(=O)N(C)C. The molecule has 0 unspecified atom stereocenters. The third kappa shape index (κ3) is 5.21. The quantitative estimate of drug-likeness (QED) is 0.602. The van der Waals surface area contributed by atoms with Crippen molar-refractivity contribution in [2.24, 2.45) is 0 Å². The molecule has 2 aromatic rings. The first kappa shape index (κ1) is 25.2. The molecular weight excluding hydrogens is 466 g/mol. The van der Waals surface area contributed by atoms with Gasteiger partial charge in [-0.25, -0.2) is 21.1 Å². The van der Waals surface area contributed by atoms with Crippen molar-refractivity contribution in [1.82, 2.24) is 8.61 Å². The molecule has 1 N–H and O–H groups in total. The van der Waals surface area contributed by atoms with Gasteiger partial charge in [-0.1, -0.05) is 17.7 Å². The van der Waals surface area contributed by atoms with Crippen molar-refractivity contribution >= 4 is 31.6 Å². The van der Waals surface area contributed by atoms with E-state index in [0.717, 1.165) is 9.87 Å². The number of nitrogens with zero attached hydrogens (tertiary/aromatic N) is 2. The normalized spacial score (nSPS) is 17.3. The summed E-state index contributed by atoms with van der Waals surface area (Å²) in [5, 5.41) is 2.68. The number of anilines is 1. The number of benzene rings is 2. The van der Waals surface area contributed by atoms with Gasteiger partial charge in [-0.15, -0.1) is 0 Å². The van der Waals surface area contributed by atoms with Crippen LogP contribution in [-0.4, -0.2) is 64.6 Å². The molecule has 180 valence electrons. The molecule has 9 nitrogen and oxygen atoms in total. The van der Waals surface area contributed by atoms with Gasteiger partial charge in [0.05, 0.1) is 11.5 Å². The third-order valence-corrected chi connectivity index (χ3v) is 9.16. The number of sulfonamides is 2. The van der Waals surface area contributed by atoms with E-state index in [1.54, 1.807) is 19.1 Å². The van der Waals surface area contributed by atoms with E-state index in [2.05, 4.69) is 5.32 Å². The molecule has 1 aliphatic rings. The molecule has 0 aromatic heterocycles. The largest absolute Gasteiger partial charge is 0.492 e. The van der Waals surface area contributed by atoms with Crippen molar-refractivity contribution in [3.05, 3.63) is 48.0 Å². The Bertz CT molecular complexity index is 1230. The van der Waals surface area contributed by atoms with E-state index in [0.29, 0.717) is 12.8 Å². The number of hydrogen-bond acceptors (Lipinski definition) is 6. The van der Waals surface area contributed by atoms with Gasteiger partial charge in [0.25, 0.3) is 0 Å². The summed E-state index contributed by atoms with van der Waals surface area (Å²) >= 11 is 0. The Morgan fingerprint density at radius 3 is 2.39 bits per heavy atom. The predicted octanol–water partition coefficient (Wildman–Crippen LogP) is 2.44. The first-order valence-electron chi connectivity index (χ1n) is 10.6. The number of rotatable bonds is 8. The van der Waals surface area contributed by atoms with Crippen molar-refractivity contribution < 1.29 is 26.4 Å². The van der Waals surface area contributed by atoms with Gasteiger partial charge < -0.3 is 10.1 Å². The van der Waals surface area contributed by atoms with Gasteiger partial charge in [-0.05, 0) is 57.0 Å². The maximum Gasteiger partial charge on any atom is 0.246 e. The number of nitrogens with one attached hydrogen (secondary N) is 1. The van der Waals surface area contributed by atoms with Crippen LogP contribution in [0.2, 0.25) is 0 Å². The van der Waals surface area contributed by atoms with Gasteiger partial charge in [0, 0.05) is 26.3 Å². The Kier molecular flexibility index (Phi) is 7.47. The molecule has 0 saturated carbocycles. The third-order valence-electron chi connectivity index (χ3n) is 5.40. The summed E-state index contributed by atoms with van der Waals surface area (Å²) < 4.78 is 59.4. The van der Waals surface area contributed by atoms with Crippen molar-refractivity contribution in [2.45, 2.75) is 42.5 Å². The fraction of sp³-hybridized carbons (Fsp3) is 0.409. The Hall–Kier alpha value is -2.47. The van der Waals surface area contributed by atoms with Crippen molar-refractivity contribution in [2.75, 3.05) is 32.6 Å². The smallest absolute Gasteiger partial charge is 0.246 e. The van der Waals surface area contributed by atoms with E-state index in [1.807, 2.05) is 6.92 Å². The molecule has 0 spiro atoms. The van der Waals surface area contributed by atoms with Crippen LogP contribution in [0.25, 0.3) is 0 Å². The van der Waals surface area contributed by atoms with E-state index < -0.39 is 32.0 Å². The molecule has 2 aromatic carbocycles. The average molecular weight is 496 g/mol. The second-order valence-electron chi connectivity index (χ2n) is 7.96. The van der Waals surface area contributed by atoms with Crippen molar-refractivity contribution in [1.29, 1.82) is 0 Å². The van der Waals surface area contributed by atoms with E-state index in [1.165, 1.54) is 48.7 Å². The number of ether oxygens (including phenoxy) is 1. The monoisotopic (exact) mass is 495 g/mol. The van der Waals surface area contributed by atoms with Gasteiger partial charge in [0.1, 0.15) is 16.7 Å². The van der Waals surface area contributed by atoms with Gasteiger partial charge in [0.2, 0.25) is 26.0 Å². The lowest BCUT2D eigenvalue weighted by atomic mass is 10.2. The van der Waals surface area contributed by atoms with Crippen LogP contribution in [0.15, 0.2) is 52.3 Å². The number of carbonyl (C=O) groups is 1. The van der Waals surface area contributed by atoms with Crippen LogP contribution in [0, 0.1) is 6.92 Å². The maximum absolute atomic E-state index is 13.1. The molecule has 1 amide bonds. The molecule has 0 aliphatic carbocycles. The van der Waals surface area contributed by atoms with E-state index in [9.17, 15) is 21.6 Å². The topological polar surface area (TPSA) is 113 Å². The summed E-state index contributed by atoms with van der Waals surface area (Å²) in [6, 6.07) is 9.93. The second kappa shape index (κ2) is 9.80. The highest BCUT2D eigenvalue weighted by atomic mass is 32.2. The minimum Gasteiger partial charge on any atom is -0.492 e.